The van der Waals surface area contributed by atoms with E-state index in [2.05, 4.69) is 49.1 Å². The molecule has 0 radical (unpaired) electrons. The maximum atomic E-state index is 9.47. The number of aryl methyl sites for hydroxylation is 1. The number of rotatable bonds is 8. The Hall–Kier alpha value is -0.800. The second-order valence-electron chi connectivity index (χ2n) is 4.82. The quantitative estimate of drug-likeness (QED) is 0.729. The lowest BCUT2D eigenvalue weighted by atomic mass is 9.83. The molecule has 2 N–H and O–H groups in total. The van der Waals surface area contributed by atoms with Crippen LogP contribution in [0.3, 0.4) is 0 Å². The van der Waals surface area contributed by atoms with E-state index in [0.717, 1.165) is 32.5 Å². The Morgan fingerprint density at radius 2 is 2.00 bits per heavy atom. The minimum atomic E-state index is 0.0489. The minimum Gasteiger partial charge on any atom is -0.396 e. The van der Waals surface area contributed by atoms with Gasteiger partial charge in [0.2, 0.25) is 0 Å². The molecule has 0 saturated heterocycles. The van der Waals surface area contributed by atoms with Crippen molar-refractivity contribution in [2.24, 2.45) is 5.41 Å². The van der Waals surface area contributed by atoms with Gasteiger partial charge < -0.3 is 15.0 Å². The molecule has 98 valence electrons. The van der Waals surface area contributed by atoms with Crippen molar-refractivity contribution in [3.8, 4) is 0 Å². The van der Waals surface area contributed by atoms with Crippen molar-refractivity contribution < 1.29 is 5.11 Å². The first-order valence-electron chi connectivity index (χ1n) is 6.66. The van der Waals surface area contributed by atoms with Crippen LogP contribution < -0.4 is 5.32 Å². The van der Waals surface area contributed by atoms with E-state index in [-0.39, 0.29) is 12.0 Å². The molecule has 0 aliphatic rings. The van der Waals surface area contributed by atoms with E-state index in [4.69, 9.17) is 0 Å². The highest BCUT2D eigenvalue weighted by Gasteiger charge is 2.24. The zero-order valence-electron chi connectivity index (χ0n) is 11.4. The Kier molecular flexibility index (Phi) is 5.72. The molecule has 0 saturated carbocycles. The van der Waals surface area contributed by atoms with Gasteiger partial charge in [0.05, 0.1) is 0 Å². The average Bonchev–Trinajstić information content (AvgIpc) is 2.83. The first-order chi connectivity index (χ1) is 8.19. The predicted molar refractivity (Wildman–Crippen MR) is 71.9 cm³/mol. The summed E-state index contributed by atoms with van der Waals surface area (Å²) in [6.07, 6.45) is 6.31. The molecule has 0 atom stereocenters. The van der Waals surface area contributed by atoms with Gasteiger partial charge in [-0.25, -0.2) is 0 Å². The maximum Gasteiger partial charge on any atom is 0.0499 e. The third kappa shape index (κ3) is 3.86. The number of hydrogen-bond acceptors (Lipinski definition) is 2. The van der Waals surface area contributed by atoms with Gasteiger partial charge >= 0.3 is 0 Å². The van der Waals surface area contributed by atoms with Crippen LogP contribution in [0.2, 0.25) is 0 Å². The lowest BCUT2D eigenvalue weighted by Crippen LogP contribution is -2.36. The Morgan fingerprint density at radius 3 is 2.47 bits per heavy atom. The molecule has 0 fully saturated rings. The van der Waals surface area contributed by atoms with E-state index in [1.807, 2.05) is 0 Å². The molecule has 0 amide bonds. The SMILES string of the molecule is CCn1ccc(CNCC(CC)(CC)CO)c1. The molecule has 0 bridgehead atoms. The number of aliphatic hydroxyl groups excluding tert-OH is 1. The van der Waals surface area contributed by atoms with Gasteiger partial charge in [0.15, 0.2) is 0 Å². The van der Waals surface area contributed by atoms with Crippen molar-refractivity contribution in [3.05, 3.63) is 24.0 Å². The Morgan fingerprint density at radius 1 is 1.29 bits per heavy atom. The van der Waals surface area contributed by atoms with E-state index >= 15 is 0 Å². The molecular weight excluding hydrogens is 212 g/mol. The standard InChI is InChI=1S/C14H26N2O/c1-4-14(5-2,12-17)11-15-9-13-7-8-16(6-3)10-13/h7-8,10,15,17H,4-6,9,11-12H2,1-3H3. The zero-order valence-corrected chi connectivity index (χ0v) is 11.4. The Balaban J connectivity index is 2.40. The molecule has 3 nitrogen and oxygen atoms in total. The third-order valence-electron chi connectivity index (χ3n) is 3.84. The molecule has 0 aliphatic carbocycles. The molecule has 0 spiro atoms. The normalized spacial score (nSPS) is 12.0. The summed E-state index contributed by atoms with van der Waals surface area (Å²) in [4.78, 5) is 0. The fourth-order valence-corrected chi connectivity index (χ4v) is 2.04. The fraction of sp³-hybridized carbons (Fsp3) is 0.714. The average molecular weight is 238 g/mol. The van der Waals surface area contributed by atoms with Crippen molar-refractivity contribution in [2.75, 3.05) is 13.2 Å². The van der Waals surface area contributed by atoms with E-state index in [9.17, 15) is 5.11 Å². The fourth-order valence-electron chi connectivity index (χ4n) is 2.04. The molecule has 1 rings (SSSR count). The molecule has 1 aromatic rings. The van der Waals surface area contributed by atoms with Crippen LogP contribution in [-0.2, 0) is 13.1 Å². The van der Waals surface area contributed by atoms with Crippen molar-refractivity contribution in [1.82, 2.24) is 9.88 Å². The van der Waals surface area contributed by atoms with E-state index in [1.54, 1.807) is 0 Å². The number of hydrogen-bond donors (Lipinski definition) is 2. The van der Waals surface area contributed by atoms with Crippen LogP contribution in [0.15, 0.2) is 18.5 Å². The zero-order chi connectivity index (χ0) is 12.7. The summed E-state index contributed by atoms with van der Waals surface area (Å²) in [6.45, 7) is 9.49. The maximum absolute atomic E-state index is 9.47. The summed E-state index contributed by atoms with van der Waals surface area (Å²) in [5, 5.41) is 12.9. The van der Waals surface area contributed by atoms with E-state index < -0.39 is 0 Å². The lowest BCUT2D eigenvalue weighted by Gasteiger charge is -2.29. The van der Waals surface area contributed by atoms with Gasteiger partial charge in [-0.3, -0.25) is 0 Å². The summed E-state index contributed by atoms with van der Waals surface area (Å²) in [7, 11) is 0. The number of aliphatic hydroxyl groups is 1. The predicted octanol–water partition coefficient (Wildman–Crippen LogP) is 2.40. The van der Waals surface area contributed by atoms with Crippen LogP contribution in [0.5, 0.6) is 0 Å². The van der Waals surface area contributed by atoms with Gasteiger partial charge in [0.25, 0.3) is 0 Å². The van der Waals surface area contributed by atoms with Crippen LogP contribution in [-0.4, -0.2) is 22.8 Å². The smallest absolute Gasteiger partial charge is 0.0499 e. The Labute approximate surface area is 105 Å². The molecule has 1 heterocycles. The van der Waals surface area contributed by atoms with E-state index in [1.165, 1.54) is 5.56 Å². The van der Waals surface area contributed by atoms with Crippen LogP contribution in [0.25, 0.3) is 0 Å². The number of nitrogens with zero attached hydrogens (tertiary/aromatic N) is 1. The monoisotopic (exact) mass is 238 g/mol. The molecular formula is C14H26N2O. The van der Waals surface area contributed by atoms with Crippen LogP contribution in [0, 0.1) is 5.41 Å². The summed E-state index contributed by atoms with van der Waals surface area (Å²) >= 11 is 0. The van der Waals surface area contributed by atoms with Gasteiger partial charge in [0.1, 0.15) is 0 Å². The van der Waals surface area contributed by atoms with Crippen LogP contribution >= 0.6 is 0 Å². The molecule has 1 aromatic heterocycles. The largest absolute Gasteiger partial charge is 0.396 e. The minimum absolute atomic E-state index is 0.0489. The molecule has 0 aliphatic heterocycles. The number of nitrogens with one attached hydrogen (secondary N) is 1. The Bertz CT molecular complexity index is 308. The highest BCUT2D eigenvalue weighted by molar-refractivity contribution is 5.09. The third-order valence-corrected chi connectivity index (χ3v) is 3.84. The van der Waals surface area contributed by atoms with Gasteiger partial charge in [-0.15, -0.1) is 0 Å². The topological polar surface area (TPSA) is 37.2 Å². The van der Waals surface area contributed by atoms with Crippen molar-refractivity contribution in [1.29, 1.82) is 0 Å². The summed E-state index contributed by atoms with van der Waals surface area (Å²) in [6, 6.07) is 2.15. The highest BCUT2D eigenvalue weighted by atomic mass is 16.3. The second kappa shape index (κ2) is 6.82. The molecule has 17 heavy (non-hydrogen) atoms. The van der Waals surface area contributed by atoms with Crippen molar-refractivity contribution in [2.45, 2.75) is 46.7 Å². The molecule has 3 heteroatoms. The first kappa shape index (κ1) is 14.3. The summed E-state index contributed by atoms with van der Waals surface area (Å²) in [5.41, 5.74) is 1.36. The number of aromatic nitrogens is 1. The van der Waals surface area contributed by atoms with Crippen LogP contribution in [0.4, 0.5) is 0 Å². The highest BCUT2D eigenvalue weighted by Crippen LogP contribution is 2.24. The molecule has 0 aromatic carbocycles. The van der Waals surface area contributed by atoms with Gasteiger partial charge in [0, 0.05) is 44.0 Å². The van der Waals surface area contributed by atoms with Crippen molar-refractivity contribution in [3.63, 3.8) is 0 Å². The summed E-state index contributed by atoms with van der Waals surface area (Å²) < 4.78 is 2.18. The van der Waals surface area contributed by atoms with Crippen molar-refractivity contribution >= 4 is 0 Å². The summed E-state index contributed by atoms with van der Waals surface area (Å²) in [5.74, 6) is 0. The second-order valence-corrected chi connectivity index (χ2v) is 4.82. The van der Waals surface area contributed by atoms with Crippen LogP contribution in [0.1, 0.15) is 39.2 Å². The van der Waals surface area contributed by atoms with Gasteiger partial charge in [-0.1, -0.05) is 13.8 Å². The first-order valence-corrected chi connectivity index (χ1v) is 6.66. The molecule has 0 unspecified atom stereocenters. The lowest BCUT2D eigenvalue weighted by molar-refractivity contribution is 0.113. The van der Waals surface area contributed by atoms with Gasteiger partial charge in [-0.05, 0) is 31.4 Å². The van der Waals surface area contributed by atoms with Gasteiger partial charge in [-0.2, -0.15) is 0 Å². The van der Waals surface area contributed by atoms with E-state index in [0.29, 0.717) is 0 Å².